The number of benzene rings is 1. The van der Waals surface area contributed by atoms with Crippen molar-refractivity contribution in [2.24, 2.45) is 0 Å². The summed E-state index contributed by atoms with van der Waals surface area (Å²) < 4.78 is 41.4. The van der Waals surface area contributed by atoms with Crippen molar-refractivity contribution in [3.05, 3.63) is 58.0 Å². The maximum atomic E-state index is 13.8. The first-order valence-corrected chi connectivity index (χ1v) is 16.2. The molecule has 1 amide bonds. The maximum absolute atomic E-state index is 13.8. The Hall–Kier alpha value is -2.37. The van der Waals surface area contributed by atoms with Gasteiger partial charge in [-0.05, 0) is 72.9 Å². The number of amides is 1. The Morgan fingerprint density at radius 2 is 1.83 bits per heavy atom. The van der Waals surface area contributed by atoms with Gasteiger partial charge in [0.1, 0.15) is 24.0 Å². The second-order valence-electron chi connectivity index (χ2n) is 10.9. The Labute approximate surface area is 219 Å². The average molecular weight is 584 g/mol. The van der Waals surface area contributed by atoms with Crippen LogP contribution in [0.1, 0.15) is 38.1 Å². The number of aromatic nitrogens is 3. The maximum Gasteiger partial charge on any atom is 0.408 e. The summed E-state index contributed by atoms with van der Waals surface area (Å²) in [6.07, 6.45) is 1.08. The van der Waals surface area contributed by atoms with E-state index >= 15 is 0 Å². The molecule has 1 unspecified atom stereocenters. The topological polar surface area (TPSA) is 78.3 Å². The van der Waals surface area contributed by atoms with Crippen molar-refractivity contribution >= 4 is 41.3 Å². The van der Waals surface area contributed by atoms with E-state index in [2.05, 4.69) is 50.9 Å². The van der Waals surface area contributed by atoms with Gasteiger partial charge in [0.2, 0.25) is 0 Å². The molecule has 0 saturated heterocycles. The second kappa shape index (κ2) is 11.3. The van der Waals surface area contributed by atoms with Gasteiger partial charge in [0.15, 0.2) is 5.65 Å². The fraction of sp³-hybridized carbons (Fsp3) is 0.480. The first-order chi connectivity index (χ1) is 16.7. The number of fused-ring (bicyclic) bond motifs is 1. The predicted octanol–water partition coefficient (Wildman–Crippen LogP) is 6.59. The number of carbonyl (C=O) groups is 1. The molecule has 196 valence electrons. The summed E-state index contributed by atoms with van der Waals surface area (Å²) in [6, 6.07) is 5.43. The summed E-state index contributed by atoms with van der Waals surface area (Å²) in [5.74, 6) is -1.40. The lowest BCUT2D eigenvalue weighted by Crippen LogP contribution is -2.36. The van der Waals surface area contributed by atoms with Gasteiger partial charge >= 0.3 is 6.09 Å². The van der Waals surface area contributed by atoms with Crippen LogP contribution in [0.2, 0.25) is 25.7 Å². The highest BCUT2D eigenvalue weighted by Crippen LogP contribution is 2.29. The standard InChI is InChI=1S/C25H33BrF2N4O3Si/c1-25(2,3)35-24(33)30-20(11-16-9-17(27)12-18(28)10-16)22-19(26)13-21-23(31-22)29-14-32(21)15-34-7-8-36(4,5)6/h9-10,12-14,20H,7-8,11,15H2,1-6H3,(H,30,33). The minimum absolute atomic E-state index is 0.0888. The number of hydrogen-bond acceptors (Lipinski definition) is 5. The van der Waals surface area contributed by atoms with Gasteiger partial charge in [0, 0.05) is 25.2 Å². The summed E-state index contributed by atoms with van der Waals surface area (Å²) in [5.41, 5.74) is 1.32. The van der Waals surface area contributed by atoms with E-state index in [0.29, 0.717) is 34.7 Å². The lowest BCUT2D eigenvalue weighted by atomic mass is 10.0. The number of rotatable bonds is 9. The van der Waals surface area contributed by atoms with E-state index in [9.17, 15) is 13.6 Å². The van der Waals surface area contributed by atoms with Crippen LogP contribution in [0.5, 0.6) is 0 Å². The number of imidazole rings is 1. The molecule has 0 radical (unpaired) electrons. The van der Waals surface area contributed by atoms with Crippen LogP contribution in [0.25, 0.3) is 11.2 Å². The fourth-order valence-electron chi connectivity index (χ4n) is 3.50. The number of alkyl carbamates (subject to hydrolysis) is 1. The first-order valence-electron chi connectivity index (χ1n) is 11.7. The Morgan fingerprint density at radius 3 is 2.44 bits per heavy atom. The van der Waals surface area contributed by atoms with E-state index in [0.717, 1.165) is 17.6 Å². The normalized spacial score (nSPS) is 13.1. The SMILES string of the molecule is CC(C)(C)OC(=O)NC(Cc1cc(F)cc(F)c1)c1nc2ncn(COCC[Si](C)(C)C)c2cc1Br. The molecule has 1 aromatic carbocycles. The third-order valence-corrected chi connectivity index (χ3v) is 7.54. The molecule has 0 fully saturated rings. The van der Waals surface area contributed by atoms with Gasteiger partial charge in [0.05, 0.1) is 23.6 Å². The lowest BCUT2D eigenvalue weighted by Gasteiger charge is -2.24. The largest absolute Gasteiger partial charge is 0.444 e. The molecule has 3 rings (SSSR count). The molecule has 0 aliphatic rings. The van der Waals surface area contributed by atoms with Gasteiger partial charge in [0.25, 0.3) is 0 Å². The summed E-state index contributed by atoms with van der Waals surface area (Å²) in [6.45, 7) is 13.2. The number of hydrogen-bond donors (Lipinski definition) is 1. The van der Waals surface area contributed by atoms with Crippen LogP contribution >= 0.6 is 15.9 Å². The summed E-state index contributed by atoms with van der Waals surface area (Å²) >= 11 is 3.56. The third kappa shape index (κ3) is 8.34. The van der Waals surface area contributed by atoms with Crippen LogP contribution in [-0.2, 0) is 22.6 Å². The number of nitrogens with zero attached hydrogens (tertiary/aromatic N) is 3. The number of ether oxygens (including phenoxy) is 2. The molecule has 1 N–H and O–H groups in total. The Bertz CT molecular complexity index is 1200. The zero-order chi connectivity index (χ0) is 26.7. The van der Waals surface area contributed by atoms with Gasteiger partial charge in [-0.2, -0.15) is 0 Å². The lowest BCUT2D eigenvalue weighted by molar-refractivity contribution is 0.0502. The molecular weight excluding hydrogens is 550 g/mol. The van der Waals surface area contributed by atoms with E-state index < -0.39 is 37.4 Å². The van der Waals surface area contributed by atoms with Crippen molar-refractivity contribution in [1.29, 1.82) is 0 Å². The number of nitrogens with one attached hydrogen (secondary N) is 1. The molecule has 36 heavy (non-hydrogen) atoms. The molecule has 2 heterocycles. The number of carbonyl (C=O) groups excluding carboxylic acids is 1. The molecular formula is C25H33BrF2N4O3Si. The molecule has 0 bridgehead atoms. The van der Waals surface area contributed by atoms with Crippen molar-refractivity contribution < 1.29 is 23.0 Å². The van der Waals surface area contributed by atoms with Crippen LogP contribution in [0.4, 0.5) is 13.6 Å². The second-order valence-corrected chi connectivity index (χ2v) is 17.4. The number of halogens is 3. The quantitative estimate of drug-likeness (QED) is 0.227. The van der Waals surface area contributed by atoms with Crippen LogP contribution in [0.3, 0.4) is 0 Å². The third-order valence-electron chi connectivity index (χ3n) is 5.20. The van der Waals surface area contributed by atoms with E-state index in [-0.39, 0.29) is 6.42 Å². The molecule has 0 aliphatic heterocycles. The predicted molar refractivity (Wildman–Crippen MR) is 142 cm³/mol. The molecule has 3 aromatic rings. The van der Waals surface area contributed by atoms with Gasteiger partial charge < -0.3 is 19.4 Å². The van der Waals surface area contributed by atoms with E-state index in [1.54, 1.807) is 27.1 Å². The summed E-state index contributed by atoms with van der Waals surface area (Å²) in [7, 11) is -1.19. The molecule has 0 spiro atoms. The zero-order valence-electron chi connectivity index (χ0n) is 21.5. The summed E-state index contributed by atoms with van der Waals surface area (Å²) in [4.78, 5) is 21.7. The minimum Gasteiger partial charge on any atom is -0.444 e. The monoisotopic (exact) mass is 582 g/mol. The molecule has 0 aliphatic carbocycles. The molecule has 2 aromatic heterocycles. The van der Waals surface area contributed by atoms with E-state index in [1.165, 1.54) is 12.1 Å². The van der Waals surface area contributed by atoms with Crippen LogP contribution < -0.4 is 5.32 Å². The highest BCUT2D eigenvalue weighted by atomic mass is 79.9. The number of pyridine rings is 1. The van der Waals surface area contributed by atoms with Crippen LogP contribution in [0, 0.1) is 11.6 Å². The Morgan fingerprint density at radius 1 is 1.17 bits per heavy atom. The van der Waals surface area contributed by atoms with Gasteiger partial charge in [-0.15, -0.1) is 0 Å². The van der Waals surface area contributed by atoms with Crippen LogP contribution in [0.15, 0.2) is 35.1 Å². The van der Waals surface area contributed by atoms with Gasteiger partial charge in [-0.3, -0.25) is 0 Å². The molecule has 1 atom stereocenters. The Balaban J connectivity index is 1.88. The van der Waals surface area contributed by atoms with Crippen LogP contribution in [-0.4, -0.2) is 40.9 Å². The van der Waals surface area contributed by atoms with Crippen molar-refractivity contribution in [2.45, 2.75) is 71.3 Å². The minimum atomic E-state index is -1.19. The van der Waals surface area contributed by atoms with Crippen molar-refractivity contribution in [2.75, 3.05) is 6.61 Å². The first kappa shape index (κ1) is 28.2. The molecule has 7 nitrogen and oxygen atoms in total. The smallest absolute Gasteiger partial charge is 0.408 e. The average Bonchev–Trinajstić information content (AvgIpc) is 3.09. The van der Waals surface area contributed by atoms with Crippen molar-refractivity contribution in [1.82, 2.24) is 19.9 Å². The van der Waals surface area contributed by atoms with Crippen molar-refractivity contribution in [3.8, 4) is 0 Å². The highest BCUT2D eigenvalue weighted by molar-refractivity contribution is 9.10. The Kier molecular flexibility index (Phi) is 8.89. The van der Waals surface area contributed by atoms with Crippen molar-refractivity contribution in [3.63, 3.8) is 0 Å². The summed E-state index contributed by atoms with van der Waals surface area (Å²) in [5, 5.41) is 2.79. The highest BCUT2D eigenvalue weighted by Gasteiger charge is 2.25. The molecule has 0 saturated carbocycles. The van der Waals surface area contributed by atoms with E-state index in [1.807, 2.05) is 10.6 Å². The zero-order valence-corrected chi connectivity index (χ0v) is 24.1. The van der Waals surface area contributed by atoms with Gasteiger partial charge in [-0.25, -0.2) is 23.5 Å². The van der Waals surface area contributed by atoms with E-state index in [4.69, 9.17) is 9.47 Å². The fourth-order valence-corrected chi connectivity index (χ4v) is 4.83. The van der Waals surface area contributed by atoms with Gasteiger partial charge in [-0.1, -0.05) is 19.6 Å². The molecule has 11 heteroatoms.